The molecule has 3 rings (SSSR count). The molecule has 0 aliphatic carbocycles. The monoisotopic (exact) mass is 399 g/mol. The minimum absolute atomic E-state index is 0.140. The maximum Gasteiger partial charge on any atom is 0.236 e. The minimum Gasteiger partial charge on any atom is -0.356 e. The zero-order valence-electron chi connectivity index (χ0n) is 18.4. The summed E-state index contributed by atoms with van der Waals surface area (Å²) in [6.07, 6.45) is 3.34. The second-order valence-electron chi connectivity index (χ2n) is 9.08. The summed E-state index contributed by atoms with van der Waals surface area (Å²) in [6.45, 7) is 11.5. The number of nitrogens with one attached hydrogen (secondary N) is 1. The Hall–Kier alpha value is -2.08. The molecule has 2 saturated heterocycles. The molecule has 0 aromatic heterocycles. The molecule has 0 saturated carbocycles. The lowest BCUT2D eigenvalue weighted by molar-refractivity contribution is -0.131. The Bertz CT molecular complexity index is 674. The Morgan fingerprint density at radius 2 is 1.66 bits per heavy atom. The van der Waals surface area contributed by atoms with Crippen LogP contribution in [-0.4, -0.2) is 86.0 Å². The summed E-state index contributed by atoms with van der Waals surface area (Å²) in [5.41, 5.74) is 1.51. The van der Waals surface area contributed by atoms with Crippen molar-refractivity contribution in [3.8, 4) is 0 Å². The fraction of sp³-hybridized carbons (Fsp3) is 0.652. The smallest absolute Gasteiger partial charge is 0.236 e. The Balaban J connectivity index is 1.43. The highest BCUT2D eigenvalue weighted by Gasteiger charge is 2.25. The third kappa shape index (κ3) is 6.46. The molecule has 160 valence electrons. The lowest BCUT2D eigenvalue weighted by Gasteiger charge is -2.37. The first kappa shape index (κ1) is 21.6. The first-order valence-electron chi connectivity index (χ1n) is 11.0. The molecule has 2 aliphatic rings. The van der Waals surface area contributed by atoms with E-state index in [-0.39, 0.29) is 5.41 Å². The number of benzene rings is 1. The van der Waals surface area contributed by atoms with Crippen LogP contribution in [0.25, 0.3) is 0 Å². The van der Waals surface area contributed by atoms with Crippen molar-refractivity contribution in [1.29, 1.82) is 0 Å². The van der Waals surface area contributed by atoms with E-state index in [0.29, 0.717) is 12.5 Å². The molecule has 1 amide bonds. The van der Waals surface area contributed by atoms with Gasteiger partial charge in [0.1, 0.15) is 0 Å². The quantitative estimate of drug-likeness (QED) is 0.588. The van der Waals surface area contributed by atoms with Crippen molar-refractivity contribution < 1.29 is 4.79 Å². The number of nitrogens with zero attached hydrogens (tertiary/aromatic N) is 4. The van der Waals surface area contributed by atoms with Crippen LogP contribution in [0.4, 0.5) is 0 Å². The van der Waals surface area contributed by atoms with Crippen LogP contribution < -0.4 is 5.32 Å². The molecular formula is C23H37N5O. The van der Waals surface area contributed by atoms with E-state index in [9.17, 15) is 4.79 Å². The topological polar surface area (TPSA) is 51.2 Å². The third-order valence-electron chi connectivity index (χ3n) is 5.95. The van der Waals surface area contributed by atoms with E-state index in [0.717, 1.165) is 71.0 Å². The van der Waals surface area contributed by atoms with Crippen molar-refractivity contribution >= 4 is 11.9 Å². The average molecular weight is 400 g/mol. The molecule has 1 N–H and O–H groups in total. The van der Waals surface area contributed by atoms with Gasteiger partial charge in [-0.1, -0.05) is 44.2 Å². The van der Waals surface area contributed by atoms with Crippen molar-refractivity contribution in [2.75, 3.05) is 59.4 Å². The van der Waals surface area contributed by atoms with Crippen molar-refractivity contribution in [1.82, 2.24) is 20.0 Å². The number of rotatable bonds is 6. The lowest BCUT2D eigenvalue weighted by atomic mass is 9.86. The van der Waals surface area contributed by atoms with Gasteiger partial charge in [0.25, 0.3) is 0 Å². The predicted octanol–water partition coefficient (Wildman–Crippen LogP) is 2.07. The van der Waals surface area contributed by atoms with Crippen molar-refractivity contribution in [3.05, 3.63) is 35.9 Å². The van der Waals surface area contributed by atoms with Crippen LogP contribution in [-0.2, 0) is 11.2 Å². The molecule has 2 fully saturated rings. The van der Waals surface area contributed by atoms with E-state index >= 15 is 0 Å². The summed E-state index contributed by atoms with van der Waals surface area (Å²) in [6, 6.07) is 10.7. The van der Waals surface area contributed by atoms with E-state index in [4.69, 9.17) is 0 Å². The van der Waals surface area contributed by atoms with Crippen molar-refractivity contribution in [3.63, 3.8) is 0 Å². The number of likely N-dealkylation sites (tertiary alicyclic amines) is 1. The summed E-state index contributed by atoms with van der Waals surface area (Å²) in [5.74, 6) is 1.26. The van der Waals surface area contributed by atoms with Gasteiger partial charge >= 0.3 is 0 Å². The van der Waals surface area contributed by atoms with Gasteiger partial charge in [-0.05, 0) is 30.2 Å². The normalized spacial score (nSPS) is 18.9. The van der Waals surface area contributed by atoms with Gasteiger partial charge in [-0.15, -0.1) is 0 Å². The Morgan fingerprint density at radius 1 is 1.00 bits per heavy atom. The fourth-order valence-corrected chi connectivity index (χ4v) is 4.24. The lowest BCUT2D eigenvalue weighted by Crippen LogP contribution is -2.55. The molecular weight excluding hydrogens is 362 g/mol. The van der Waals surface area contributed by atoms with Gasteiger partial charge in [-0.2, -0.15) is 0 Å². The predicted molar refractivity (Wildman–Crippen MR) is 119 cm³/mol. The van der Waals surface area contributed by atoms with E-state index in [2.05, 4.69) is 64.3 Å². The van der Waals surface area contributed by atoms with Gasteiger partial charge in [0.05, 0.1) is 6.54 Å². The number of carbonyl (C=O) groups is 1. The van der Waals surface area contributed by atoms with E-state index in [1.165, 1.54) is 5.56 Å². The Morgan fingerprint density at radius 3 is 2.28 bits per heavy atom. The number of hydrogen-bond donors (Lipinski definition) is 1. The maximum absolute atomic E-state index is 12.4. The van der Waals surface area contributed by atoms with Gasteiger partial charge in [0.2, 0.25) is 5.91 Å². The van der Waals surface area contributed by atoms with Gasteiger partial charge in [-0.25, -0.2) is 0 Å². The third-order valence-corrected chi connectivity index (χ3v) is 5.95. The second kappa shape index (κ2) is 10.1. The Labute approximate surface area is 176 Å². The number of piperazine rings is 1. The molecule has 2 aliphatic heterocycles. The number of carbonyl (C=O) groups excluding carboxylic acids is 1. The Kier molecular flexibility index (Phi) is 7.53. The van der Waals surface area contributed by atoms with Crippen LogP contribution in [0.3, 0.4) is 0 Å². The first-order chi connectivity index (χ1) is 14.0. The number of hydrogen-bond acceptors (Lipinski definition) is 3. The highest BCUT2D eigenvalue weighted by molar-refractivity contribution is 5.80. The summed E-state index contributed by atoms with van der Waals surface area (Å²) in [7, 11) is 1.86. The molecule has 1 aromatic rings. The van der Waals surface area contributed by atoms with Gasteiger partial charge in [0, 0.05) is 52.9 Å². The highest BCUT2D eigenvalue weighted by atomic mass is 16.2. The highest BCUT2D eigenvalue weighted by Crippen LogP contribution is 2.21. The zero-order valence-corrected chi connectivity index (χ0v) is 18.4. The first-order valence-corrected chi connectivity index (χ1v) is 11.0. The largest absolute Gasteiger partial charge is 0.356 e. The molecule has 0 spiro atoms. The molecule has 0 unspecified atom stereocenters. The fourth-order valence-electron chi connectivity index (χ4n) is 4.24. The summed E-state index contributed by atoms with van der Waals surface area (Å²) >= 11 is 0. The molecule has 0 atom stereocenters. The van der Waals surface area contributed by atoms with Gasteiger partial charge in [-0.3, -0.25) is 14.7 Å². The van der Waals surface area contributed by atoms with Crippen molar-refractivity contribution in [2.45, 2.75) is 33.1 Å². The van der Waals surface area contributed by atoms with Crippen molar-refractivity contribution in [2.24, 2.45) is 10.4 Å². The van der Waals surface area contributed by atoms with Crippen LogP contribution in [0.5, 0.6) is 0 Å². The molecule has 0 radical (unpaired) electrons. The molecule has 1 aromatic carbocycles. The van der Waals surface area contributed by atoms with Crippen LogP contribution in [0.1, 0.15) is 32.3 Å². The van der Waals surface area contributed by atoms with Gasteiger partial charge < -0.3 is 15.1 Å². The second-order valence-corrected chi connectivity index (χ2v) is 9.08. The average Bonchev–Trinajstić information content (AvgIpc) is 3.25. The van der Waals surface area contributed by atoms with Gasteiger partial charge in [0.15, 0.2) is 5.96 Å². The van der Waals surface area contributed by atoms with Crippen LogP contribution in [0.15, 0.2) is 35.3 Å². The van der Waals surface area contributed by atoms with E-state index in [1.807, 2.05) is 11.9 Å². The summed E-state index contributed by atoms with van der Waals surface area (Å²) in [5, 5.41) is 3.58. The molecule has 29 heavy (non-hydrogen) atoms. The van der Waals surface area contributed by atoms with Crippen LogP contribution in [0, 0.1) is 5.41 Å². The van der Waals surface area contributed by atoms with E-state index in [1.54, 1.807) is 0 Å². The van der Waals surface area contributed by atoms with Crippen LogP contribution >= 0.6 is 0 Å². The summed E-state index contributed by atoms with van der Waals surface area (Å²) in [4.78, 5) is 23.5. The standard InChI is InChI=1S/C23H37N5O/c1-23(2,17-20-9-5-4-6-10-20)19-25-22(24-3)28-15-13-26(14-16-28)18-21(29)27-11-7-8-12-27/h4-6,9-10H,7-8,11-19H2,1-3H3,(H,24,25). The van der Waals surface area contributed by atoms with E-state index < -0.39 is 0 Å². The minimum atomic E-state index is 0.140. The van der Waals surface area contributed by atoms with Crippen LogP contribution in [0.2, 0.25) is 0 Å². The number of guanidine groups is 1. The zero-order chi connectivity index (χ0) is 20.7. The number of aliphatic imine (C=N–C) groups is 1. The molecule has 2 heterocycles. The number of amides is 1. The summed E-state index contributed by atoms with van der Waals surface area (Å²) < 4.78 is 0. The maximum atomic E-state index is 12.4. The SMILES string of the molecule is CN=C(NCC(C)(C)Cc1ccccc1)N1CCN(CC(=O)N2CCCC2)CC1. The molecule has 6 nitrogen and oxygen atoms in total. The molecule has 0 bridgehead atoms. The molecule has 6 heteroatoms.